The molecule has 0 aliphatic carbocycles. The highest BCUT2D eigenvalue weighted by atomic mass is 16.5. The van der Waals surface area contributed by atoms with Gasteiger partial charge in [-0.05, 0) is 61.0 Å². The lowest BCUT2D eigenvalue weighted by Crippen LogP contribution is -2.40. The van der Waals surface area contributed by atoms with Gasteiger partial charge in [0.25, 0.3) is 0 Å². The predicted molar refractivity (Wildman–Crippen MR) is 120 cm³/mol. The van der Waals surface area contributed by atoms with E-state index in [-0.39, 0.29) is 0 Å². The molecule has 1 fully saturated rings. The van der Waals surface area contributed by atoms with E-state index in [1.165, 1.54) is 16.3 Å². The second kappa shape index (κ2) is 8.46. The summed E-state index contributed by atoms with van der Waals surface area (Å²) >= 11 is 0. The molecule has 0 bridgehead atoms. The number of aromatic amines is 1. The number of aliphatic hydroxyl groups excluding tert-OH is 1. The third-order valence-electron chi connectivity index (χ3n) is 6.18. The van der Waals surface area contributed by atoms with Crippen LogP contribution in [0, 0.1) is 0 Å². The molecule has 0 saturated carbocycles. The van der Waals surface area contributed by atoms with Crippen LogP contribution in [0.4, 0.5) is 0 Å². The largest absolute Gasteiger partial charge is 0.490 e. The highest BCUT2D eigenvalue weighted by molar-refractivity contribution is 5.86. The number of H-pyrrole nitrogens is 1. The van der Waals surface area contributed by atoms with Crippen LogP contribution in [0.25, 0.3) is 21.7 Å². The topological polar surface area (TPSA) is 61.4 Å². The number of rotatable bonds is 6. The van der Waals surface area contributed by atoms with E-state index >= 15 is 0 Å². The lowest BCUT2D eigenvalue weighted by molar-refractivity contribution is 0.0599. The number of hydrogen-bond acceptors (Lipinski definition) is 4. The maximum Gasteiger partial charge on any atom is 0.128 e. The monoisotopic (exact) mass is 401 g/mol. The molecule has 1 saturated heterocycles. The second-order valence-corrected chi connectivity index (χ2v) is 8.18. The fourth-order valence-corrected chi connectivity index (χ4v) is 4.61. The molecular weight excluding hydrogens is 374 g/mol. The summed E-state index contributed by atoms with van der Waals surface area (Å²) in [6.45, 7) is 2.91. The van der Waals surface area contributed by atoms with Crippen molar-refractivity contribution in [3.8, 4) is 5.75 Å². The molecule has 2 N–H and O–H groups in total. The second-order valence-electron chi connectivity index (χ2n) is 8.18. The van der Waals surface area contributed by atoms with Crippen LogP contribution < -0.4 is 4.74 Å². The third kappa shape index (κ3) is 3.91. The van der Waals surface area contributed by atoms with Crippen molar-refractivity contribution in [2.75, 3.05) is 26.2 Å². The number of nitrogens with zero attached hydrogens (tertiary/aromatic N) is 2. The van der Waals surface area contributed by atoms with E-state index in [9.17, 15) is 5.11 Å². The molecule has 154 valence electrons. The number of piperidine rings is 1. The van der Waals surface area contributed by atoms with Gasteiger partial charge in [-0.25, -0.2) is 0 Å². The molecule has 1 atom stereocenters. The first-order chi connectivity index (χ1) is 14.8. The Kier molecular flexibility index (Phi) is 5.39. The number of hydrogen-bond donors (Lipinski definition) is 2. The van der Waals surface area contributed by atoms with Crippen molar-refractivity contribution < 1.29 is 9.84 Å². The molecule has 4 aromatic rings. The van der Waals surface area contributed by atoms with Crippen LogP contribution in [0.2, 0.25) is 0 Å². The van der Waals surface area contributed by atoms with E-state index in [4.69, 9.17) is 4.74 Å². The Morgan fingerprint density at radius 1 is 1.03 bits per heavy atom. The molecule has 5 nitrogen and oxygen atoms in total. The van der Waals surface area contributed by atoms with E-state index in [2.05, 4.69) is 39.1 Å². The van der Waals surface area contributed by atoms with Crippen molar-refractivity contribution in [2.45, 2.75) is 24.9 Å². The molecule has 5 rings (SSSR count). The molecule has 2 aromatic heterocycles. The fraction of sp³-hybridized carbons (Fsp3) is 0.320. The van der Waals surface area contributed by atoms with Crippen LogP contribution >= 0.6 is 0 Å². The standard InChI is InChI=1S/C25H27N3O2/c29-20(17-30-25-7-3-6-24-22(25)8-11-27-24)16-28-12-9-18(10-13-28)23-15-26-14-19-4-1-2-5-21(19)23/h1-8,11,14-15,18,20,27,29H,9-10,12-13,16-17H2/t20-/m0/s1. The highest BCUT2D eigenvalue weighted by Crippen LogP contribution is 2.32. The van der Waals surface area contributed by atoms with Crippen molar-refractivity contribution in [1.29, 1.82) is 0 Å². The van der Waals surface area contributed by atoms with Crippen molar-refractivity contribution in [3.63, 3.8) is 0 Å². The normalized spacial score (nSPS) is 16.8. The first-order valence-corrected chi connectivity index (χ1v) is 10.7. The predicted octanol–water partition coefficient (Wildman–Crippen LogP) is 4.34. The van der Waals surface area contributed by atoms with Gasteiger partial charge >= 0.3 is 0 Å². The van der Waals surface area contributed by atoms with Gasteiger partial charge in [-0.3, -0.25) is 4.98 Å². The zero-order chi connectivity index (χ0) is 20.3. The average Bonchev–Trinajstić information content (AvgIpc) is 3.27. The van der Waals surface area contributed by atoms with Crippen LogP contribution in [0.5, 0.6) is 5.75 Å². The first kappa shape index (κ1) is 19.1. The van der Waals surface area contributed by atoms with Gasteiger partial charge < -0.3 is 19.7 Å². The number of aliphatic hydroxyl groups is 1. The minimum atomic E-state index is -0.505. The van der Waals surface area contributed by atoms with E-state index in [1.807, 2.05) is 42.9 Å². The van der Waals surface area contributed by atoms with Crippen molar-refractivity contribution >= 4 is 21.7 Å². The molecule has 1 aliphatic rings. The quantitative estimate of drug-likeness (QED) is 0.505. The molecule has 5 heteroatoms. The van der Waals surface area contributed by atoms with Crippen molar-refractivity contribution in [1.82, 2.24) is 14.9 Å². The third-order valence-corrected chi connectivity index (χ3v) is 6.18. The van der Waals surface area contributed by atoms with Crippen LogP contribution in [-0.2, 0) is 0 Å². The molecule has 0 radical (unpaired) electrons. The van der Waals surface area contributed by atoms with Gasteiger partial charge in [0.05, 0.1) is 0 Å². The van der Waals surface area contributed by atoms with E-state index in [1.54, 1.807) is 0 Å². The molecule has 1 aliphatic heterocycles. The van der Waals surface area contributed by atoms with Gasteiger partial charge in [0.1, 0.15) is 18.5 Å². The van der Waals surface area contributed by atoms with Crippen molar-refractivity contribution in [2.24, 2.45) is 0 Å². The summed E-state index contributed by atoms with van der Waals surface area (Å²) in [5.41, 5.74) is 2.41. The van der Waals surface area contributed by atoms with E-state index < -0.39 is 6.10 Å². The number of ether oxygens (including phenoxy) is 1. The Morgan fingerprint density at radius 3 is 2.80 bits per heavy atom. The highest BCUT2D eigenvalue weighted by Gasteiger charge is 2.23. The molecule has 30 heavy (non-hydrogen) atoms. The summed E-state index contributed by atoms with van der Waals surface area (Å²) in [7, 11) is 0. The molecule has 3 heterocycles. The smallest absolute Gasteiger partial charge is 0.128 e. The summed E-state index contributed by atoms with van der Waals surface area (Å²) in [6, 6.07) is 16.4. The number of fused-ring (bicyclic) bond motifs is 2. The summed E-state index contributed by atoms with van der Waals surface area (Å²) in [5.74, 6) is 1.34. The Hall–Kier alpha value is -2.89. The molecular formula is C25H27N3O2. The Labute approximate surface area is 176 Å². The molecule has 0 amide bonds. The lowest BCUT2D eigenvalue weighted by Gasteiger charge is -2.33. The van der Waals surface area contributed by atoms with Crippen LogP contribution in [0.1, 0.15) is 24.3 Å². The number of benzene rings is 2. The summed E-state index contributed by atoms with van der Waals surface area (Å²) < 4.78 is 5.91. The maximum absolute atomic E-state index is 10.5. The summed E-state index contributed by atoms with van der Waals surface area (Å²) in [6.07, 6.45) is 7.56. The molecule has 0 spiro atoms. The summed E-state index contributed by atoms with van der Waals surface area (Å²) in [5, 5.41) is 14.1. The zero-order valence-electron chi connectivity index (χ0n) is 17.0. The van der Waals surface area contributed by atoms with Crippen LogP contribution in [0.15, 0.2) is 67.1 Å². The van der Waals surface area contributed by atoms with Crippen LogP contribution in [0.3, 0.4) is 0 Å². The van der Waals surface area contributed by atoms with Gasteiger partial charge in [-0.15, -0.1) is 0 Å². The lowest BCUT2D eigenvalue weighted by atomic mass is 9.87. The van der Waals surface area contributed by atoms with Gasteiger partial charge in [-0.2, -0.15) is 0 Å². The molecule has 0 unspecified atom stereocenters. The van der Waals surface area contributed by atoms with Crippen molar-refractivity contribution in [3.05, 3.63) is 72.7 Å². The van der Waals surface area contributed by atoms with Gasteiger partial charge in [-0.1, -0.05) is 30.3 Å². The Balaban J connectivity index is 1.16. The Morgan fingerprint density at radius 2 is 1.90 bits per heavy atom. The number of aromatic nitrogens is 2. The molecule has 2 aromatic carbocycles. The van der Waals surface area contributed by atoms with Gasteiger partial charge in [0, 0.05) is 41.4 Å². The Bertz CT molecular complexity index is 1130. The zero-order valence-corrected chi connectivity index (χ0v) is 17.0. The van der Waals surface area contributed by atoms with E-state index in [0.717, 1.165) is 42.6 Å². The summed E-state index contributed by atoms with van der Waals surface area (Å²) in [4.78, 5) is 9.99. The van der Waals surface area contributed by atoms with E-state index in [0.29, 0.717) is 19.1 Å². The SMILES string of the molecule is O[C@H](COc1cccc2[nH]ccc12)CN1CCC(c2cncc3ccccc23)CC1. The number of nitrogens with one attached hydrogen (secondary N) is 1. The number of pyridine rings is 1. The minimum Gasteiger partial charge on any atom is -0.490 e. The fourth-order valence-electron chi connectivity index (χ4n) is 4.61. The minimum absolute atomic E-state index is 0.303. The number of likely N-dealkylation sites (tertiary alicyclic amines) is 1. The average molecular weight is 402 g/mol. The van der Waals surface area contributed by atoms with Gasteiger partial charge in [0.2, 0.25) is 0 Å². The first-order valence-electron chi connectivity index (χ1n) is 10.7. The number of β-amino-alcohol motifs (C(OH)–C–C–N with tert-alkyl or cyclic N) is 1. The van der Waals surface area contributed by atoms with Crippen LogP contribution in [-0.4, -0.2) is 52.3 Å². The van der Waals surface area contributed by atoms with Gasteiger partial charge in [0.15, 0.2) is 0 Å². The maximum atomic E-state index is 10.5.